The van der Waals surface area contributed by atoms with E-state index in [1.54, 1.807) is 13.0 Å². The van der Waals surface area contributed by atoms with Gasteiger partial charge in [0.05, 0.1) is 12.4 Å². The van der Waals surface area contributed by atoms with Crippen LogP contribution in [0.25, 0.3) is 0 Å². The van der Waals surface area contributed by atoms with Gasteiger partial charge in [-0.05, 0) is 6.92 Å². The zero-order valence-corrected chi connectivity index (χ0v) is 9.08. The van der Waals surface area contributed by atoms with E-state index < -0.39 is 0 Å². The van der Waals surface area contributed by atoms with Crippen LogP contribution in [0.5, 0.6) is 0 Å². The van der Waals surface area contributed by atoms with Crippen LogP contribution in [0.4, 0.5) is 11.8 Å². The number of carbonyl (C=O) groups is 1. The summed E-state index contributed by atoms with van der Waals surface area (Å²) < 4.78 is 4.76. The molecule has 1 rings (SSSR count). The van der Waals surface area contributed by atoms with Gasteiger partial charge in [-0.3, -0.25) is 4.79 Å². The minimum Gasteiger partial charge on any atom is -0.465 e. The Morgan fingerprint density at radius 1 is 1.53 bits per heavy atom. The summed E-state index contributed by atoms with van der Waals surface area (Å²) in [4.78, 5) is 18.7. The summed E-state index contributed by atoms with van der Waals surface area (Å²) in [6, 6.07) is 1.56. The highest BCUT2D eigenvalue weighted by molar-refractivity contribution is 7.99. The number of rotatable bonds is 4. The van der Waals surface area contributed by atoms with E-state index in [0.717, 1.165) is 0 Å². The molecule has 0 aliphatic carbocycles. The molecule has 0 radical (unpaired) electrons. The van der Waals surface area contributed by atoms with Gasteiger partial charge in [0, 0.05) is 6.07 Å². The second-order valence-corrected chi connectivity index (χ2v) is 3.58. The fourth-order valence-corrected chi connectivity index (χ4v) is 1.58. The summed E-state index contributed by atoms with van der Waals surface area (Å²) >= 11 is 1.21. The maximum Gasteiger partial charge on any atom is 0.316 e. The molecule has 15 heavy (non-hydrogen) atoms. The van der Waals surface area contributed by atoms with E-state index in [1.807, 2.05) is 0 Å². The maximum absolute atomic E-state index is 11.0. The smallest absolute Gasteiger partial charge is 0.316 e. The first kappa shape index (κ1) is 11.6. The first-order valence-corrected chi connectivity index (χ1v) is 5.29. The minimum atomic E-state index is -0.293. The number of nitrogens with two attached hydrogens (primary N) is 2. The zero-order valence-electron chi connectivity index (χ0n) is 8.27. The molecule has 6 nitrogen and oxygen atoms in total. The Labute approximate surface area is 91.4 Å². The molecule has 0 saturated carbocycles. The maximum atomic E-state index is 11.0. The van der Waals surface area contributed by atoms with Gasteiger partial charge < -0.3 is 16.2 Å². The van der Waals surface area contributed by atoms with Crippen LogP contribution < -0.4 is 11.5 Å². The minimum absolute atomic E-state index is 0.0985. The quantitative estimate of drug-likeness (QED) is 0.433. The summed E-state index contributed by atoms with van der Waals surface area (Å²) in [6.07, 6.45) is 0. The van der Waals surface area contributed by atoms with Crippen LogP contribution >= 0.6 is 11.8 Å². The molecule has 0 saturated heterocycles. The Balaban J connectivity index is 2.54. The number of hydrogen-bond donors (Lipinski definition) is 2. The van der Waals surface area contributed by atoms with Gasteiger partial charge in [-0.25, -0.2) is 4.98 Å². The van der Waals surface area contributed by atoms with Crippen molar-refractivity contribution in [3.8, 4) is 0 Å². The molecule has 4 N–H and O–H groups in total. The average molecular weight is 228 g/mol. The summed E-state index contributed by atoms with van der Waals surface area (Å²) in [6.45, 7) is 2.12. The summed E-state index contributed by atoms with van der Waals surface area (Å²) in [5, 5.41) is 0.563. The van der Waals surface area contributed by atoms with Crippen LogP contribution in [-0.4, -0.2) is 28.3 Å². The van der Waals surface area contributed by atoms with E-state index >= 15 is 0 Å². The van der Waals surface area contributed by atoms with Crippen molar-refractivity contribution in [1.82, 2.24) is 9.97 Å². The van der Waals surface area contributed by atoms with Gasteiger partial charge in [-0.15, -0.1) is 0 Å². The molecule has 1 heterocycles. The lowest BCUT2D eigenvalue weighted by molar-refractivity contribution is -0.139. The highest BCUT2D eigenvalue weighted by atomic mass is 32.2. The predicted molar refractivity (Wildman–Crippen MR) is 58.2 cm³/mol. The molecule has 0 aliphatic rings. The largest absolute Gasteiger partial charge is 0.465 e. The average Bonchev–Trinajstić information content (AvgIpc) is 2.14. The predicted octanol–water partition coefficient (Wildman–Crippen LogP) is 0.296. The number of nitrogens with zero attached hydrogens (tertiary/aromatic N) is 2. The van der Waals surface area contributed by atoms with Crippen molar-refractivity contribution < 1.29 is 9.53 Å². The van der Waals surface area contributed by atoms with E-state index in [2.05, 4.69) is 9.97 Å². The van der Waals surface area contributed by atoms with Gasteiger partial charge in [0.2, 0.25) is 5.95 Å². The van der Waals surface area contributed by atoms with Crippen LogP contribution in [0.3, 0.4) is 0 Å². The SMILES string of the molecule is CCOC(=O)CSc1cc(N)nc(N)n1. The Morgan fingerprint density at radius 3 is 2.87 bits per heavy atom. The molecular weight excluding hydrogens is 216 g/mol. The Kier molecular flexibility index (Phi) is 4.17. The normalized spacial score (nSPS) is 9.93. The number of aromatic nitrogens is 2. The third-order valence-corrected chi connectivity index (χ3v) is 2.27. The molecule has 1 aromatic rings. The fraction of sp³-hybridized carbons (Fsp3) is 0.375. The standard InChI is InChI=1S/C8H12N4O2S/c1-2-14-7(13)4-15-6-3-5(9)11-8(10)12-6/h3H,2,4H2,1H3,(H4,9,10,11,12). The molecule has 0 fully saturated rings. The summed E-state index contributed by atoms with van der Waals surface area (Å²) in [5.41, 5.74) is 10.9. The van der Waals surface area contributed by atoms with E-state index in [0.29, 0.717) is 11.6 Å². The zero-order chi connectivity index (χ0) is 11.3. The van der Waals surface area contributed by atoms with Gasteiger partial charge in [0.25, 0.3) is 0 Å². The first-order valence-electron chi connectivity index (χ1n) is 4.30. The van der Waals surface area contributed by atoms with Crippen molar-refractivity contribution in [1.29, 1.82) is 0 Å². The third kappa shape index (κ3) is 4.03. The lowest BCUT2D eigenvalue weighted by Gasteiger charge is -2.02. The lowest BCUT2D eigenvalue weighted by atomic mass is 10.6. The second-order valence-electron chi connectivity index (χ2n) is 2.58. The molecule has 0 bridgehead atoms. The fourth-order valence-electron chi connectivity index (χ4n) is 0.871. The third-order valence-electron chi connectivity index (χ3n) is 1.38. The molecule has 0 spiro atoms. The van der Waals surface area contributed by atoms with Gasteiger partial charge in [0.15, 0.2) is 0 Å². The monoisotopic (exact) mass is 228 g/mol. The molecule has 82 valence electrons. The number of hydrogen-bond acceptors (Lipinski definition) is 7. The lowest BCUT2D eigenvalue weighted by Crippen LogP contribution is -2.07. The van der Waals surface area contributed by atoms with Gasteiger partial charge in [-0.1, -0.05) is 11.8 Å². The van der Waals surface area contributed by atoms with Gasteiger partial charge in [0.1, 0.15) is 10.8 Å². The topological polar surface area (TPSA) is 104 Å². The van der Waals surface area contributed by atoms with E-state index in [-0.39, 0.29) is 23.5 Å². The van der Waals surface area contributed by atoms with Crippen LogP contribution in [-0.2, 0) is 9.53 Å². The molecule has 0 amide bonds. The first-order chi connectivity index (χ1) is 7.11. The molecule has 1 aromatic heterocycles. The highest BCUT2D eigenvalue weighted by Crippen LogP contribution is 2.17. The molecular formula is C8H12N4O2S. The molecule has 0 aromatic carbocycles. The molecule has 0 atom stereocenters. The van der Waals surface area contributed by atoms with E-state index in [1.165, 1.54) is 11.8 Å². The van der Waals surface area contributed by atoms with Crippen LogP contribution in [0.1, 0.15) is 6.92 Å². The van der Waals surface area contributed by atoms with Gasteiger partial charge >= 0.3 is 5.97 Å². The summed E-state index contributed by atoms with van der Waals surface area (Å²) in [5.74, 6) is 0.275. The highest BCUT2D eigenvalue weighted by Gasteiger charge is 2.05. The van der Waals surface area contributed by atoms with E-state index in [9.17, 15) is 4.79 Å². The number of ether oxygens (including phenoxy) is 1. The molecule has 0 unspecified atom stereocenters. The summed E-state index contributed by atoms with van der Waals surface area (Å²) in [7, 11) is 0. The number of thioether (sulfide) groups is 1. The van der Waals surface area contributed by atoms with Crippen molar-refractivity contribution in [2.45, 2.75) is 11.9 Å². The Hall–Kier alpha value is -1.50. The van der Waals surface area contributed by atoms with Crippen LogP contribution in [0, 0.1) is 0 Å². The van der Waals surface area contributed by atoms with Crippen molar-refractivity contribution in [2.24, 2.45) is 0 Å². The number of nitrogen functional groups attached to an aromatic ring is 2. The van der Waals surface area contributed by atoms with Crippen molar-refractivity contribution >= 4 is 29.5 Å². The van der Waals surface area contributed by atoms with Crippen LogP contribution in [0.15, 0.2) is 11.1 Å². The van der Waals surface area contributed by atoms with Gasteiger partial charge in [-0.2, -0.15) is 4.98 Å². The van der Waals surface area contributed by atoms with Crippen molar-refractivity contribution in [3.05, 3.63) is 6.07 Å². The Morgan fingerprint density at radius 2 is 2.27 bits per heavy atom. The molecule has 7 heteroatoms. The number of esters is 1. The Bertz CT molecular complexity index is 338. The van der Waals surface area contributed by atoms with Crippen molar-refractivity contribution in [2.75, 3.05) is 23.8 Å². The van der Waals surface area contributed by atoms with E-state index in [4.69, 9.17) is 16.2 Å². The number of carbonyl (C=O) groups excluding carboxylic acids is 1. The second kappa shape index (κ2) is 5.40. The van der Waals surface area contributed by atoms with Crippen molar-refractivity contribution in [3.63, 3.8) is 0 Å². The number of anilines is 2. The molecule has 0 aliphatic heterocycles. The van der Waals surface area contributed by atoms with Crippen LogP contribution in [0.2, 0.25) is 0 Å².